The quantitative estimate of drug-likeness (QED) is 0.761. The van der Waals surface area contributed by atoms with Crippen molar-refractivity contribution in [2.24, 2.45) is 0 Å². The summed E-state index contributed by atoms with van der Waals surface area (Å²) in [4.78, 5) is 1.92. The number of nitrogens with one attached hydrogen (secondary N) is 1. The molecule has 0 aromatic heterocycles. The molecule has 2 fully saturated rings. The monoisotopic (exact) mass is 218 g/mol. The number of halogens is 2. The van der Waals surface area contributed by atoms with Crippen LogP contribution < -0.4 is 5.32 Å². The molecule has 1 aliphatic carbocycles. The third kappa shape index (κ3) is 2.88. The first-order valence-electron chi connectivity index (χ1n) is 5.96. The maximum absolute atomic E-state index is 12.3. The van der Waals surface area contributed by atoms with Crippen molar-refractivity contribution in [3.63, 3.8) is 0 Å². The minimum atomic E-state index is -2.19. The van der Waals surface area contributed by atoms with Crippen LogP contribution in [0.3, 0.4) is 0 Å². The number of rotatable bonds is 2. The summed E-state index contributed by atoms with van der Waals surface area (Å²) in [7, 11) is 0. The van der Waals surface area contributed by atoms with Gasteiger partial charge in [0.25, 0.3) is 6.43 Å². The second-order valence-corrected chi connectivity index (χ2v) is 4.89. The molecular formula is C11H20F2N2. The second-order valence-electron chi connectivity index (χ2n) is 4.89. The van der Waals surface area contributed by atoms with E-state index in [1.54, 1.807) is 0 Å². The lowest BCUT2D eigenvalue weighted by Crippen LogP contribution is -2.61. The highest BCUT2D eigenvalue weighted by Crippen LogP contribution is 2.30. The zero-order valence-electron chi connectivity index (χ0n) is 9.14. The zero-order valence-corrected chi connectivity index (χ0v) is 9.14. The molecule has 1 aliphatic heterocycles. The maximum atomic E-state index is 12.3. The number of nitrogens with zero attached hydrogens (tertiary/aromatic N) is 1. The van der Waals surface area contributed by atoms with Crippen LogP contribution in [0.2, 0.25) is 0 Å². The Morgan fingerprint density at radius 2 is 1.93 bits per heavy atom. The first kappa shape index (κ1) is 11.3. The number of piperazine rings is 1. The van der Waals surface area contributed by atoms with Gasteiger partial charge in [-0.05, 0) is 12.8 Å². The summed E-state index contributed by atoms with van der Waals surface area (Å²) in [6.07, 6.45) is 3.92. The minimum Gasteiger partial charge on any atom is -0.309 e. The summed E-state index contributed by atoms with van der Waals surface area (Å²) in [5, 5.41) is 3.55. The predicted molar refractivity (Wildman–Crippen MR) is 56.3 cm³/mol. The van der Waals surface area contributed by atoms with Gasteiger partial charge in [0.15, 0.2) is 0 Å². The Morgan fingerprint density at radius 3 is 2.60 bits per heavy atom. The molecule has 88 valence electrons. The Bertz CT molecular complexity index is 197. The Balaban J connectivity index is 1.90. The van der Waals surface area contributed by atoms with Gasteiger partial charge in [-0.15, -0.1) is 0 Å². The van der Waals surface area contributed by atoms with Gasteiger partial charge in [0.2, 0.25) is 0 Å². The van der Waals surface area contributed by atoms with Gasteiger partial charge in [-0.3, -0.25) is 4.90 Å². The highest BCUT2D eigenvalue weighted by atomic mass is 19.3. The SMILES string of the molecule is FC(F)CN1CCNC2(CCCCC2)C1. The van der Waals surface area contributed by atoms with E-state index < -0.39 is 6.43 Å². The van der Waals surface area contributed by atoms with Crippen LogP contribution in [-0.4, -0.2) is 43.0 Å². The second kappa shape index (κ2) is 4.74. The van der Waals surface area contributed by atoms with Crippen LogP contribution >= 0.6 is 0 Å². The largest absolute Gasteiger partial charge is 0.309 e. The fourth-order valence-electron chi connectivity index (χ4n) is 2.96. The van der Waals surface area contributed by atoms with Gasteiger partial charge in [-0.2, -0.15) is 0 Å². The first-order chi connectivity index (χ1) is 7.20. The van der Waals surface area contributed by atoms with E-state index in [4.69, 9.17) is 0 Å². The number of hydrogen-bond donors (Lipinski definition) is 1. The molecule has 4 heteroatoms. The van der Waals surface area contributed by atoms with Gasteiger partial charge >= 0.3 is 0 Å². The predicted octanol–water partition coefficient (Wildman–Crippen LogP) is 1.86. The summed E-state index contributed by atoms with van der Waals surface area (Å²) in [5.41, 5.74) is 0.158. The first-order valence-corrected chi connectivity index (χ1v) is 5.96. The lowest BCUT2D eigenvalue weighted by molar-refractivity contribution is 0.0409. The van der Waals surface area contributed by atoms with Crippen molar-refractivity contribution in [1.29, 1.82) is 0 Å². The Labute approximate surface area is 90.0 Å². The van der Waals surface area contributed by atoms with Crippen molar-refractivity contribution < 1.29 is 8.78 Å². The van der Waals surface area contributed by atoms with Gasteiger partial charge in [0.1, 0.15) is 0 Å². The molecular weight excluding hydrogens is 198 g/mol. The van der Waals surface area contributed by atoms with E-state index in [9.17, 15) is 8.78 Å². The Morgan fingerprint density at radius 1 is 1.20 bits per heavy atom. The van der Waals surface area contributed by atoms with Crippen LogP contribution in [-0.2, 0) is 0 Å². The minimum absolute atomic E-state index is 0.0522. The molecule has 2 aliphatic rings. The summed E-state index contributed by atoms with van der Waals surface area (Å²) in [6, 6.07) is 0. The normalized spacial score (nSPS) is 27.4. The van der Waals surface area contributed by atoms with E-state index >= 15 is 0 Å². The summed E-state index contributed by atoms with van der Waals surface area (Å²) in [6.45, 7) is 2.40. The highest BCUT2D eigenvalue weighted by molar-refractivity contribution is 4.96. The van der Waals surface area contributed by atoms with Gasteiger partial charge in [0, 0.05) is 25.2 Å². The summed E-state index contributed by atoms with van der Waals surface area (Å²) < 4.78 is 24.6. The molecule has 0 atom stereocenters. The molecule has 0 aromatic rings. The number of hydrogen-bond acceptors (Lipinski definition) is 2. The van der Waals surface area contributed by atoms with E-state index in [2.05, 4.69) is 5.32 Å². The van der Waals surface area contributed by atoms with Crippen molar-refractivity contribution in [2.75, 3.05) is 26.2 Å². The zero-order chi connectivity index (χ0) is 10.7. The van der Waals surface area contributed by atoms with Crippen LogP contribution in [0.15, 0.2) is 0 Å². The lowest BCUT2D eigenvalue weighted by atomic mass is 9.80. The molecule has 0 radical (unpaired) electrons. The molecule has 1 N–H and O–H groups in total. The molecule has 2 nitrogen and oxygen atoms in total. The smallest absolute Gasteiger partial charge is 0.251 e. The molecule has 1 heterocycles. The molecule has 1 spiro atoms. The molecule has 0 bridgehead atoms. The topological polar surface area (TPSA) is 15.3 Å². The van der Waals surface area contributed by atoms with E-state index in [1.165, 1.54) is 19.3 Å². The van der Waals surface area contributed by atoms with Crippen LogP contribution in [0.4, 0.5) is 8.78 Å². The molecule has 1 saturated carbocycles. The molecule has 0 unspecified atom stereocenters. The van der Waals surface area contributed by atoms with Gasteiger partial charge < -0.3 is 5.32 Å². The average Bonchev–Trinajstić information content (AvgIpc) is 2.17. The molecule has 0 amide bonds. The van der Waals surface area contributed by atoms with Crippen LogP contribution in [0.25, 0.3) is 0 Å². The lowest BCUT2D eigenvalue weighted by Gasteiger charge is -2.46. The Hall–Kier alpha value is -0.220. The summed E-state index contributed by atoms with van der Waals surface area (Å²) in [5.74, 6) is 0. The molecule has 0 aromatic carbocycles. The standard InChI is InChI=1S/C11H20F2N2/c12-10(13)8-15-7-6-14-11(9-15)4-2-1-3-5-11/h10,14H,1-9H2. The third-order valence-electron chi connectivity index (χ3n) is 3.66. The van der Waals surface area contributed by atoms with Crippen molar-refractivity contribution in [3.8, 4) is 0 Å². The van der Waals surface area contributed by atoms with E-state index in [1.807, 2.05) is 4.90 Å². The van der Waals surface area contributed by atoms with Crippen LogP contribution in [0.5, 0.6) is 0 Å². The summed E-state index contributed by atoms with van der Waals surface area (Å²) >= 11 is 0. The van der Waals surface area contributed by atoms with E-state index in [0.717, 1.165) is 32.5 Å². The molecule has 1 saturated heterocycles. The van der Waals surface area contributed by atoms with Gasteiger partial charge in [-0.25, -0.2) is 8.78 Å². The van der Waals surface area contributed by atoms with Crippen molar-refractivity contribution in [3.05, 3.63) is 0 Å². The average molecular weight is 218 g/mol. The van der Waals surface area contributed by atoms with Gasteiger partial charge in [0.05, 0.1) is 6.54 Å². The van der Waals surface area contributed by atoms with E-state index in [-0.39, 0.29) is 12.1 Å². The molecule has 15 heavy (non-hydrogen) atoms. The van der Waals surface area contributed by atoms with Crippen LogP contribution in [0.1, 0.15) is 32.1 Å². The van der Waals surface area contributed by atoms with Crippen LogP contribution in [0, 0.1) is 0 Å². The fraction of sp³-hybridized carbons (Fsp3) is 1.00. The maximum Gasteiger partial charge on any atom is 0.251 e. The number of alkyl halides is 2. The van der Waals surface area contributed by atoms with Crippen molar-refractivity contribution in [1.82, 2.24) is 10.2 Å². The molecule has 2 rings (SSSR count). The Kier molecular flexibility index (Phi) is 3.57. The third-order valence-corrected chi connectivity index (χ3v) is 3.66. The highest BCUT2D eigenvalue weighted by Gasteiger charge is 2.36. The van der Waals surface area contributed by atoms with Gasteiger partial charge in [-0.1, -0.05) is 19.3 Å². The van der Waals surface area contributed by atoms with Crippen molar-refractivity contribution in [2.45, 2.75) is 44.1 Å². The van der Waals surface area contributed by atoms with Crippen molar-refractivity contribution >= 4 is 0 Å². The van der Waals surface area contributed by atoms with E-state index in [0.29, 0.717) is 0 Å². The fourth-order valence-corrected chi connectivity index (χ4v) is 2.96.